The summed E-state index contributed by atoms with van der Waals surface area (Å²) in [7, 11) is 3.60. The van der Waals surface area contributed by atoms with Crippen molar-refractivity contribution in [2.75, 3.05) is 19.4 Å². The normalized spacial score (nSPS) is 12.4. The number of carbonyl (C=O) groups is 1. The minimum absolute atomic E-state index is 0.236. The number of ether oxygens (including phenoxy) is 1. The van der Waals surface area contributed by atoms with Crippen molar-refractivity contribution in [1.29, 1.82) is 0 Å². The van der Waals surface area contributed by atoms with Crippen LogP contribution in [0, 0.1) is 0 Å². The molecule has 1 atom stereocenters. The molecule has 0 spiro atoms. The monoisotopic (exact) mass is 244 g/mol. The van der Waals surface area contributed by atoms with E-state index in [4.69, 9.17) is 4.74 Å². The third-order valence-corrected chi connectivity index (χ3v) is 3.10. The number of esters is 1. The van der Waals surface area contributed by atoms with Gasteiger partial charge in [0.2, 0.25) is 0 Å². The van der Waals surface area contributed by atoms with Gasteiger partial charge in [-0.15, -0.1) is 10.2 Å². The number of carbonyl (C=O) groups excluding carboxylic acids is 1. The van der Waals surface area contributed by atoms with E-state index in [1.165, 1.54) is 11.8 Å². The smallest absolute Gasteiger partial charge is 0.323 e. The molecule has 0 fully saturated rings. The molecule has 1 heterocycles. The number of aromatic nitrogens is 3. The molecule has 0 saturated heterocycles. The van der Waals surface area contributed by atoms with Crippen molar-refractivity contribution in [3.8, 4) is 0 Å². The Morgan fingerprint density at radius 1 is 1.75 bits per heavy atom. The van der Waals surface area contributed by atoms with Crippen molar-refractivity contribution in [2.24, 2.45) is 7.05 Å². The van der Waals surface area contributed by atoms with Gasteiger partial charge >= 0.3 is 5.97 Å². The second-order valence-electron chi connectivity index (χ2n) is 3.13. The van der Waals surface area contributed by atoms with Crippen LogP contribution in [0.25, 0.3) is 0 Å². The maximum Gasteiger partial charge on any atom is 0.323 e. The molecule has 0 aliphatic carbocycles. The lowest BCUT2D eigenvalue weighted by Gasteiger charge is -2.13. The molecule has 90 valence electrons. The Balaban J connectivity index is 2.46. The maximum absolute atomic E-state index is 11.5. The minimum Gasteiger partial charge on any atom is -0.465 e. The van der Waals surface area contributed by atoms with E-state index in [2.05, 4.69) is 15.5 Å². The molecule has 0 amide bonds. The van der Waals surface area contributed by atoms with E-state index in [9.17, 15) is 4.79 Å². The highest BCUT2D eigenvalue weighted by Crippen LogP contribution is 2.14. The Morgan fingerprint density at radius 3 is 3.00 bits per heavy atom. The molecule has 0 aromatic carbocycles. The third kappa shape index (κ3) is 3.49. The topological polar surface area (TPSA) is 69.0 Å². The van der Waals surface area contributed by atoms with Crippen LogP contribution in [-0.2, 0) is 16.6 Å². The van der Waals surface area contributed by atoms with Gasteiger partial charge < -0.3 is 14.6 Å². The van der Waals surface area contributed by atoms with Gasteiger partial charge in [0, 0.05) is 12.8 Å². The molecular formula is C9H16N4O2S. The lowest BCUT2D eigenvalue weighted by Crippen LogP contribution is -2.37. The van der Waals surface area contributed by atoms with Crippen LogP contribution >= 0.6 is 11.8 Å². The quantitative estimate of drug-likeness (QED) is 0.563. The summed E-state index contributed by atoms with van der Waals surface area (Å²) in [6, 6.07) is -0.318. The lowest BCUT2D eigenvalue weighted by atomic mass is 10.3. The van der Waals surface area contributed by atoms with Crippen LogP contribution in [0.3, 0.4) is 0 Å². The average molecular weight is 244 g/mol. The van der Waals surface area contributed by atoms with Gasteiger partial charge in [-0.3, -0.25) is 4.79 Å². The fourth-order valence-electron chi connectivity index (χ4n) is 1.07. The van der Waals surface area contributed by atoms with Gasteiger partial charge in [0.15, 0.2) is 5.16 Å². The van der Waals surface area contributed by atoms with Gasteiger partial charge in [0.25, 0.3) is 0 Å². The first-order valence-electron chi connectivity index (χ1n) is 4.99. The maximum atomic E-state index is 11.5. The molecule has 0 bridgehead atoms. The van der Waals surface area contributed by atoms with Crippen LogP contribution < -0.4 is 5.32 Å². The van der Waals surface area contributed by atoms with Gasteiger partial charge in [-0.1, -0.05) is 11.8 Å². The number of rotatable bonds is 6. The fourth-order valence-corrected chi connectivity index (χ4v) is 2.05. The number of nitrogens with one attached hydrogen (secondary N) is 1. The van der Waals surface area contributed by atoms with Gasteiger partial charge in [-0.2, -0.15) is 0 Å². The summed E-state index contributed by atoms with van der Waals surface area (Å²) in [6.45, 7) is 2.19. The molecule has 1 rings (SSSR count). The Hall–Kier alpha value is -1.08. The van der Waals surface area contributed by atoms with E-state index in [1.807, 2.05) is 11.6 Å². The van der Waals surface area contributed by atoms with Crippen molar-refractivity contribution in [3.05, 3.63) is 6.33 Å². The first-order valence-corrected chi connectivity index (χ1v) is 5.98. The highest BCUT2D eigenvalue weighted by Gasteiger charge is 2.18. The molecule has 0 aliphatic heterocycles. The largest absolute Gasteiger partial charge is 0.465 e. The molecule has 1 N–H and O–H groups in total. The summed E-state index contributed by atoms with van der Waals surface area (Å²) in [5.41, 5.74) is 0. The highest BCUT2D eigenvalue weighted by molar-refractivity contribution is 7.99. The van der Waals surface area contributed by atoms with Crippen molar-refractivity contribution in [3.63, 3.8) is 0 Å². The van der Waals surface area contributed by atoms with E-state index in [1.54, 1.807) is 20.3 Å². The van der Waals surface area contributed by atoms with Crippen molar-refractivity contribution in [2.45, 2.75) is 18.1 Å². The number of thioether (sulfide) groups is 1. The van der Waals surface area contributed by atoms with E-state index < -0.39 is 0 Å². The van der Waals surface area contributed by atoms with Crippen LogP contribution in [0.1, 0.15) is 6.92 Å². The summed E-state index contributed by atoms with van der Waals surface area (Å²) in [5.74, 6) is 0.335. The van der Waals surface area contributed by atoms with Crippen molar-refractivity contribution >= 4 is 17.7 Å². The summed E-state index contributed by atoms with van der Waals surface area (Å²) >= 11 is 1.47. The summed E-state index contributed by atoms with van der Waals surface area (Å²) in [5, 5.41) is 11.4. The third-order valence-electron chi connectivity index (χ3n) is 1.97. The van der Waals surface area contributed by atoms with Gasteiger partial charge in [-0.05, 0) is 14.0 Å². The average Bonchev–Trinajstić information content (AvgIpc) is 2.66. The molecule has 6 nitrogen and oxygen atoms in total. The number of hydrogen-bond acceptors (Lipinski definition) is 6. The second-order valence-corrected chi connectivity index (χ2v) is 4.12. The molecule has 16 heavy (non-hydrogen) atoms. The van der Waals surface area contributed by atoms with Crippen molar-refractivity contribution < 1.29 is 9.53 Å². The van der Waals surface area contributed by atoms with Gasteiger partial charge in [0.1, 0.15) is 12.4 Å². The molecule has 0 saturated carbocycles. The molecule has 1 aromatic rings. The standard InChI is InChI=1S/C9H16N4O2S/c1-4-15-8(14)7(10-2)5-16-9-12-11-6-13(9)3/h6-7,10H,4-5H2,1-3H3. The first-order chi connectivity index (χ1) is 7.69. The van der Waals surface area contributed by atoms with E-state index in [-0.39, 0.29) is 12.0 Å². The Morgan fingerprint density at radius 2 is 2.50 bits per heavy atom. The molecule has 1 aromatic heterocycles. The zero-order chi connectivity index (χ0) is 12.0. The fraction of sp³-hybridized carbons (Fsp3) is 0.667. The van der Waals surface area contributed by atoms with E-state index in [0.29, 0.717) is 12.4 Å². The SMILES string of the molecule is CCOC(=O)C(CSc1nncn1C)NC. The molecule has 0 radical (unpaired) electrons. The predicted molar refractivity (Wildman–Crippen MR) is 61.2 cm³/mol. The van der Waals surface area contributed by atoms with Gasteiger partial charge in [-0.25, -0.2) is 0 Å². The zero-order valence-corrected chi connectivity index (χ0v) is 10.5. The van der Waals surface area contributed by atoms with E-state index in [0.717, 1.165) is 5.16 Å². The summed E-state index contributed by atoms with van der Waals surface area (Å²) in [6.07, 6.45) is 1.63. The molecule has 1 unspecified atom stereocenters. The predicted octanol–water partition coefficient (Wildman–Crippen LogP) is 0.0583. The lowest BCUT2D eigenvalue weighted by molar-refractivity contribution is -0.144. The van der Waals surface area contributed by atoms with Crippen LogP contribution in [0.2, 0.25) is 0 Å². The molecule has 7 heteroatoms. The highest BCUT2D eigenvalue weighted by atomic mass is 32.2. The Bertz CT molecular complexity index is 342. The number of nitrogens with zero attached hydrogens (tertiary/aromatic N) is 3. The van der Waals surface area contributed by atoms with Crippen LogP contribution in [0.5, 0.6) is 0 Å². The van der Waals surface area contributed by atoms with Crippen LogP contribution in [0.4, 0.5) is 0 Å². The van der Waals surface area contributed by atoms with Crippen molar-refractivity contribution in [1.82, 2.24) is 20.1 Å². The van der Waals surface area contributed by atoms with Crippen LogP contribution in [0.15, 0.2) is 11.5 Å². The summed E-state index contributed by atoms with van der Waals surface area (Å²) in [4.78, 5) is 11.5. The van der Waals surface area contributed by atoms with Gasteiger partial charge in [0.05, 0.1) is 6.61 Å². The first kappa shape index (κ1) is 13.0. The Labute approximate surface area is 98.8 Å². The Kier molecular flexibility index (Phi) is 5.27. The molecular weight excluding hydrogens is 228 g/mol. The number of hydrogen-bond donors (Lipinski definition) is 1. The number of aryl methyl sites for hydroxylation is 1. The minimum atomic E-state index is -0.318. The number of likely N-dealkylation sites (N-methyl/N-ethyl adjacent to an activating group) is 1. The second kappa shape index (κ2) is 6.49. The molecule has 0 aliphatic rings. The van der Waals surface area contributed by atoms with E-state index >= 15 is 0 Å². The van der Waals surface area contributed by atoms with Crippen LogP contribution in [-0.4, -0.2) is 46.2 Å². The zero-order valence-electron chi connectivity index (χ0n) is 9.64. The summed E-state index contributed by atoms with van der Waals surface area (Å²) < 4.78 is 6.75.